The van der Waals surface area contributed by atoms with Gasteiger partial charge in [-0.3, -0.25) is 0 Å². The van der Waals surface area contributed by atoms with Crippen LogP contribution < -0.4 is 0 Å². The smallest absolute Gasteiger partial charge is 0.328 e. The zero-order valence-corrected chi connectivity index (χ0v) is 9.38. The van der Waals surface area contributed by atoms with E-state index in [1.807, 2.05) is 6.92 Å². The molecular formula is C11H13NO2S. The summed E-state index contributed by atoms with van der Waals surface area (Å²) < 4.78 is 0. The Bertz CT molecular complexity index is 405. The third-order valence-corrected chi connectivity index (χ3v) is 3.61. The zero-order valence-electron chi connectivity index (χ0n) is 8.56. The number of carboxylic acid groups (broad SMARTS) is 1. The average Bonchev–Trinajstić information content (AvgIpc) is 2.96. The van der Waals surface area contributed by atoms with Crippen molar-refractivity contribution < 1.29 is 9.90 Å². The maximum atomic E-state index is 10.4. The van der Waals surface area contributed by atoms with Crippen molar-refractivity contribution in [3.05, 3.63) is 21.7 Å². The molecule has 2 rings (SSSR count). The number of nitrogens with zero attached hydrogens (tertiary/aromatic N) is 1. The first-order valence-corrected chi connectivity index (χ1v) is 5.93. The van der Waals surface area contributed by atoms with Crippen LogP contribution in [0.1, 0.15) is 41.3 Å². The van der Waals surface area contributed by atoms with Gasteiger partial charge in [-0.25, -0.2) is 9.78 Å². The monoisotopic (exact) mass is 223 g/mol. The van der Waals surface area contributed by atoms with Crippen LogP contribution in [0.4, 0.5) is 0 Å². The van der Waals surface area contributed by atoms with Gasteiger partial charge in [0.15, 0.2) is 0 Å². The number of hydrogen-bond donors (Lipinski definition) is 1. The summed E-state index contributed by atoms with van der Waals surface area (Å²) in [6.07, 6.45) is 6.17. The van der Waals surface area contributed by atoms with Gasteiger partial charge in [-0.2, -0.15) is 0 Å². The zero-order chi connectivity index (χ0) is 10.8. The minimum absolute atomic E-state index is 0.646. The van der Waals surface area contributed by atoms with Crippen LogP contribution >= 0.6 is 11.3 Å². The van der Waals surface area contributed by atoms with Gasteiger partial charge < -0.3 is 5.11 Å². The number of hydrogen-bond acceptors (Lipinski definition) is 3. The van der Waals surface area contributed by atoms with Crippen molar-refractivity contribution in [2.45, 2.75) is 32.1 Å². The number of thiazole rings is 1. The maximum Gasteiger partial charge on any atom is 0.328 e. The van der Waals surface area contributed by atoms with E-state index in [2.05, 4.69) is 4.98 Å². The van der Waals surface area contributed by atoms with Gasteiger partial charge >= 0.3 is 5.97 Å². The van der Waals surface area contributed by atoms with Gasteiger partial charge in [-0.05, 0) is 25.3 Å². The van der Waals surface area contributed by atoms with E-state index in [9.17, 15) is 4.79 Å². The summed E-state index contributed by atoms with van der Waals surface area (Å²) in [5, 5.41) is 9.74. The Hall–Kier alpha value is -1.16. The normalized spacial score (nSPS) is 16.1. The fraction of sp³-hybridized carbons (Fsp3) is 0.455. The van der Waals surface area contributed by atoms with Crippen molar-refractivity contribution in [3.8, 4) is 0 Å². The minimum atomic E-state index is -0.904. The summed E-state index contributed by atoms with van der Waals surface area (Å²) in [4.78, 5) is 16.0. The number of rotatable bonds is 4. The Labute approximate surface area is 92.5 Å². The van der Waals surface area contributed by atoms with Gasteiger partial charge in [-0.15, -0.1) is 11.3 Å². The lowest BCUT2D eigenvalue weighted by atomic mass is 10.3. The van der Waals surface area contributed by atoms with Crippen LogP contribution in [0.25, 0.3) is 6.08 Å². The molecule has 0 spiro atoms. The quantitative estimate of drug-likeness (QED) is 0.798. The summed E-state index contributed by atoms with van der Waals surface area (Å²) in [6, 6.07) is 0. The van der Waals surface area contributed by atoms with Crippen molar-refractivity contribution >= 4 is 23.4 Å². The molecule has 1 aromatic rings. The van der Waals surface area contributed by atoms with E-state index in [0.29, 0.717) is 5.92 Å². The summed E-state index contributed by atoms with van der Waals surface area (Å²) in [5.74, 6) is -0.259. The second-order valence-corrected chi connectivity index (χ2v) is 4.72. The molecule has 1 heterocycles. The molecule has 0 aliphatic heterocycles. The van der Waals surface area contributed by atoms with Gasteiger partial charge in [-0.1, -0.05) is 6.92 Å². The molecule has 80 valence electrons. The Morgan fingerprint density at radius 2 is 2.40 bits per heavy atom. The van der Waals surface area contributed by atoms with Gasteiger partial charge in [0, 0.05) is 12.0 Å². The van der Waals surface area contributed by atoms with E-state index < -0.39 is 5.97 Å². The van der Waals surface area contributed by atoms with Crippen molar-refractivity contribution in [2.24, 2.45) is 0 Å². The molecule has 1 fully saturated rings. The molecule has 1 N–H and O–H groups in total. The minimum Gasteiger partial charge on any atom is -0.478 e. The molecule has 0 atom stereocenters. The predicted octanol–water partition coefficient (Wildman–Crippen LogP) is 2.68. The number of aromatic nitrogens is 1. The van der Waals surface area contributed by atoms with E-state index in [-0.39, 0.29) is 0 Å². The lowest BCUT2D eigenvalue weighted by Gasteiger charge is -1.89. The fourth-order valence-electron chi connectivity index (χ4n) is 1.42. The molecule has 0 bridgehead atoms. The first-order chi connectivity index (χ1) is 7.20. The first kappa shape index (κ1) is 10.4. The topological polar surface area (TPSA) is 50.2 Å². The molecule has 3 nitrogen and oxygen atoms in total. The largest absolute Gasteiger partial charge is 0.478 e. The summed E-state index contributed by atoms with van der Waals surface area (Å²) in [6.45, 7) is 2.05. The fourth-order valence-corrected chi connectivity index (χ4v) is 2.65. The number of aliphatic carboxylic acids is 1. The van der Waals surface area contributed by atoms with E-state index >= 15 is 0 Å². The molecule has 0 unspecified atom stereocenters. The van der Waals surface area contributed by atoms with E-state index in [0.717, 1.165) is 17.0 Å². The Morgan fingerprint density at radius 1 is 1.67 bits per heavy atom. The van der Waals surface area contributed by atoms with Crippen LogP contribution in [0.15, 0.2) is 6.08 Å². The van der Waals surface area contributed by atoms with E-state index in [1.54, 1.807) is 17.4 Å². The third-order valence-electron chi connectivity index (χ3n) is 2.38. The molecule has 1 saturated carbocycles. The van der Waals surface area contributed by atoms with Crippen LogP contribution in [-0.2, 0) is 11.2 Å². The van der Waals surface area contributed by atoms with E-state index in [4.69, 9.17) is 5.11 Å². The SMILES string of the molecule is CCc1nc(C2CC2)sc1/C=C/C(=O)O. The second kappa shape index (κ2) is 4.14. The Balaban J connectivity index is 2.23. The van der Waals surface area contributed by atoms with Crippen LogP contribution in [0.5, 0.6) is 0 Å². The Kier molecular flexibility index (Phi) is 2.86. The van der Waals surface area contributed by atoms with Crippen molar-refractivity contribution in [3.63, 3.8) is 0 Å². The molecule has 15 heavy (non-hydrogen) atoms. The Morgan fingerprint density at radius 3 is 2.93 bits per heavy atom. The van der Waals surface area contributed by atoms with Gasteiger partial charge in [0.25, 0.3) is 0 Å². The molecule has 0 amide bonds. The second-order valence-electron chi connectivity index (χ2n) is 3.66. The third kappa shape index (κ3) is 2.45. The first-order valence-electron chi connectivity index (χ1n) is 5.11. The van der Waals surface area contributed by atoms with Gasteiger partial charge in [0.2, 0.25) is 0 Å². The van der Waals surface area contributed by atoms with Crippen LogP contribution in [-0.4, -0.2) is 16.1 Å². The molecule has 1 aliphatic carbocycles. The number of carbonyl (C=O) groups is 1. The summed E-state index contributed by atoms with van der Waals surface area (Å²) in [7, 11) is 0. The average molecular weight is 223 g/mol. The molecule has 1 aromatic heterocycles. The highest BCUT2D eigenvalue weighted by atomic mass is 32.1. The molecule has 0 saturated heterocycles. The summed E-state index contributed by atoms with van der Waals surface area (Å²) in [5.41, 5.74) is 1.03. The molecule has 0 aromatic carbocycles. The van der Waals surface area contributed by atoms with Crippen LogP contribution in [0.2, 0.25) is 0 Å². The van der Waals surface area contributed by atoms with E-state index in [1.165, 1.54) is 23.9 Å². The van der Waals surface area contributed by atoms with Gasteiger partial charge in [0.1, 0.15) is 0 Å². The molecule has 4 heteroatoms. The predicted molar refractivity (Wildman–Crippen MR) is 60.1 cm³/mol. The summed E-state index contributed by atoms with van der Waals surface area (Å²) >= 11 is 1.64. The molecule has 1 aliphatic rings. The van der Waals surface area contributed by atoms with Crippen molar-refractivity contribution in [2.75, 3.05) is 0 Å². The lowest BCUT2D eigenvalue weighted by Crippen LogP contribution is -1.87. The van der Waals surface area contributed by atoms with Crippen molar-refractivity contribution in [1.29, 1.82) is 0 Å². The standard InChI is InChI=1S/C11H13NO2S/c1-2-8-9(5-6-10(13)14)15-11(12-8)7-3-4-7/h5-7H,2-4H2,1H3,(H,13,14)/b6-5+. The molecule has 0 radical (unpaired) electrons. The van der Waals surface area contributed by atoms with Crippen LogP contribution in [0.3, 0.4) is 0 Å². The molecular weight excluding hydrogens is 210 g/mol. The van der Waals surface area contributed by atoms with Crippen molar-refractivity contribution in [1.82, 2.24) is 4.98 Å². The highest BCUT2D eigenvalue weighted by Crippen LogP contribution is 2.42. The number of carboxylic acids is 1. The van der Waals surface area contributed by atoms with Gasteiger partial charge in [0.05, 0.1) is 15.6 Å². The highest BCUT2D eigenvalue weighted by molar-refractivity contribution is 7.12. The lowest BCUT2D eigenvalue weighted by molar-refractivity contribution is -0.131. The highest BCUT2D eigenvalue weighted by Gasteiger charge is 2.27. The van der Waals surface area contributed by atoms with Crippen LogP contribution in [0, 0.1) is 0 Å². The maximum absolute atomic E-state index is 10.4. The number of aryl methyl sites for hydroxylation is 1.